The van der Waals surface area contributed by atoms with Crippen molar-refractivity contribution in [2.75, 3.05) is 11.5 Å². The number of hydrogen-bond donors (Lipinski definition) is 3. The molecule has 0 saturated heterocycles. The lowest BCUT2D eigenvalue weighted by Crippen LogP contribution is -2.30. The van der Waals surface area contributed by atoms with Crippen LogP contribution in [-0.4, -0.2) is 31.8 Å². The zero-order valence-corrected chi connectivity index (χ0v) is 12.8. The normalized spacial score (nSPS) is 12.3. The summed E-state index contributed by atoms with van der Waals surface area (Å²) in [7, 11) is 0. The number of nitrogens with one attached hydrogen (secondary N) is 2. The summed E-state index contributed by atoms with van der Waals surface area (Å²) in [5.41, 5.74) is 6.46. The van der Waals surface area contributed by atoms with E-state index in [0.29, 0.717) is 9.47 Å². The van der Waals surface area contributed by atoms with E-state index in [4.69, 9.17) is 5.73 Å². The van der Waals surface area contributed by atoms with Crippen LogP contribution in [-0.2, 0) is 4.79 Å². The van der Waals surface area contributed by atoms with E-state index in [2.05, 4.69) is 25.5 Å². The predicted molar refractivity (Wildman–Crippen MR) is 79.5 cm³/mol. The number of nitrogens with two attached hydrogens (primary N) is 1. The number of nitrogens with zero attached hydrogens (tertiary/aromatic N) is 3. The molecule has 0 aliphatic rings. The summed E-state index contributed by atoms with van der Waals surface area (Å²) >= 11 is 2.60. The number of rotatable bonds is 6. The Morgan fingerprint density at radius 2 is 2.40 bits per heavy atom. The van der Waals surface area contributed by atoms with Crippen molar-refractivity contribution in [2.45, 2.75) is 30.6 Å². The number of thioether (sulfide) groups is 1. The molecule has 108 valence electrons. The van der Waals surface area contributed by atoms with Crippen LogP contribution in [0.3, 0.4) is 0 Å². The Morgan fingerprint density at radius 1 is 1.60 bits per heavy atom. The Bertz CT molecular complexity index is 581. The third-order valence-electron chi connectivity index (χ3n) is 2.54. The van der Waals surface area contributed by atoms with Gasteiger partial charge in [-0.15, -0.1) is 10.2 Å². The van der Waals surface area contributed by atoms with Gasteiger partial charge in [-0.3, -0.25) is 4.79 Å². The van der Waals surface area contributed by atoms with Crippen molar-refractivity contribution >= 4 is 34.1 Å². The number of carbonyl (C=O) groups is 1. The highest BCUT2D eigenvalue weighted by Crippen LogP contribution is 2.23. The van der Waals surface area contributed by atoms with E-state index in [9.17, 15) is 4.79 Å². The molecule has 0 spiro atoms. The number of aromatic nitrogens is 4. The highest BCUT2D eigenvalue weighted by atomic mass is 32.2. The van der Waals surface area contributed by atoms with E-state index in [0.717, 1.165) is 17.9 Å². The topological polar surface area (TPSA) is 110 Å². The van der Waals surface area contributed by atoms with Gasteiger partial charge in [0.15, 0.2) is 4.34 Å². The highest BCUT2D eigenvalue weighted by molar-refractivity contribution is 8.01. The van der Waals surface area contributed by atoms with Crippen LogP contribution in [0.25, 0.3) is 0 Å². The molecule has 0 fully saturated rings. The molecule has 0 bridgehead atoms. The molecule has 0 saturated carbocycles. The number of hydrogen-bond acceptors (Lipinski definition) is 7. The van der Waals surface area contributed by atoms with Gasteiger partial charge in [0.1, 0.15) is 5.82 Å². The second-order valence-electron chi connectivity index (χ2n) is 4.17. The fourth-order valence-corrected chi connectivity index (χ4v) is 3.06. The number of nitrogen functional groups attached to an aromatic ring is 1. The van der Waals surface area contributed by atoms with Gasteiger partial charge in [0.2, 0.25) is 11.0 Å². The summed E-state index contributed by atoms with van der Waals surface area (Å²) < 4.78 is 0.694. The molecular weight excluding hydrogens is 296 g/mol. The van der Waals surface area contributed by atoms with E-state index in [-0.39, 0.29) is 17.7 Å². The molecular formula is C11H16N6OS2. The van der Waals surface area contributed by atoms with Gasteiger partial charge < -0.3 is 16.0 Å². The van der Waals surface area contributed by atoms with Gasteiger partial charge in [-0.05, 0) is 13.3 Å². The van der Waals surface area contributed by atoms with E-state index >= 15 is 0 Å². The minimum Gasteiger partial charge on any atom is -0.374 e. The van der Waals surface area contributed by atoms with Crippen molar-refractivity contribution in [3.63, 3.8) is 0 Å². The summed E-state index contributed by atoms with van der Waals surface area (Å²) in [6, 6.07) is -0.101. The third-order valence-corrected chi connectivity index (χ3v) is 4.43. The van der Waals surface area contributed by atoms with Gasteiger partial charge in [0.25, 0.3) is 0 Å². The molecule has 0 radical (unpaired) electrons. The number of aromatic amines is 1. The Balaban J connectivity index is 1.86. The Kier molecular flexibility index (Phi) is 4.96. The number of carbonyl (C=O) groups excluding carboxylic acids is 1. The van der Waals surface area contributed by atoms with E-state index in [1.807, 2.05) is 13.8 Å². The predicted octanol–water partition coefficient (Wildman–Crippen LogP) is 1.51. The molecule has 2 rings (SSSR count). The number of amides is 1. The average molecular weight is 312 g/mol. The van der Waals surface area contributed by atoms with Gasteiger partial charge in [0, 0.05) is 11.9 Å². The van der Waals surface area contributed by atoms with E-state index < -0.39 is 0 Å². The first-order valence-corrected chi connectivity index (χ1v) is 7.91. The maximum absolute atomic E-state index is 11.9. The quantitative estimate of drug-likeness (QED) is 0.698. The van der Waals surface area contributed by atoms with Gasteiger partial charge >= 0.3 is 0 Å². The minimum absolute atomic E-state index is 0.0651. The average Bonchev–Trinajstić information content (AvgIpc) is 3.02. The highest BCUT2D eigenvalue weighted by Gasteiger charge is 2.16. The molecule has 4 N–H and O–H groups in total. The zero-order chi connectivity index (χ0) is 14.5. The lowest BCUT2D eigenvalue weighted by molar-refractivity contribution is -0.119. The lowest BCUT2D eigenvalue weighted by Gasteiger charge is -2.14. The summed E-state index contributed by atoms with van der Waals surface area (Å²) in [5, 5.41) is 10.9. The summed E-state index contributed by atoms with van der Waals surface area (Å²) in [6.45, 7) is 3.93. The maximum Gasteiger partial charge on any atom is 0.231 e. The van der Waals surface area contributed by atoms with Crippen molar-refractivity contribution in [3.8, 4) is 0 Å². The number of aryl methyl sites for hydroxylation is 1. The second-order valence-corrected chi connectivity index (χ2v) is 6.41. The van der Waals surface area contributed by atoms with E-state index in [1.165, 1.54) is 23.1 Å². The summed E-state index contributed by atoms with van der Waals surface area (Å²) in [4.78, 5) is 19.3. The summed E-state index contributed by atoms with van der Waals surface area (Å²) in [5.74, 6) is 0.998. The van der Waals surface area contributed by atoms with Gasteiger partial charge in [-0.1, -0.05) is 30.0 Å². The molecule has 2 aromatic rings. The van der Waals surface area contributed by atoms with Crippen LogP contribution in [0.2, 0.25) is 0 Å². The van der Waals surface area contributed by atoms with Crippen molar-refractivity contribution in [1.82, 2.24) is 25.5 Å². The third kappa shape index (κ3) is 3.94. The lowest BCUT2D eigenvalue weighted by atomic mass is 10.2. The summed E-state index contributed by atoms with van der Waals surface area (Å²) in [6.07, 6.45) is 2.53. The molecule has 0 aliphatic heterocycles. The van der Waals surface area contributed by atoms with Crippen molar-refractivity contribution in [2.24, 2.45) is 0 Å². The largest absolute Gasteiger partial charge is 0.374 e. The van der Waals surface area contributed by atoms with Crippen LogP contribution in [0, 0.1) is 6.92 Å². The first-order chi connectivity index (χ1) is 9.58. The van der Waals surface area contributed by atoms with Crippen LogP contribution in [0.15, 0.2) is 10.5 Å². The van der Waals surface area contributed by atoms with Crippen LogP contribution in [0.4, 0.5) is 5.13 Å². The molecule has 20 heavy (non-hydrogen) atoms. The molecule has 0 unspecified atom stereocenters. The fourth-order valence-electron chi connectivity index (χ4n) is 1.62. The monoisotopic (exact) mass is 312 g/mol. The smallest absolute Gasteiger partial charge is 0.231 e. The number of anilines is 1. The molecule has 7 nitrogen and oxygen atoms in total. The molecule has 1 amide bonds. The first kappa shape index (κ1) is 14.8. The standard InChI is InChI=1S/C11H16N6OS2/c1-3-7(9-13-4-6(2)14-9)15-8(18)5-19-11-17-16-10(12)20-11/h4,7H,3,5H2,1-2H3,(H2,12,16)(H,13,14)(H,15,18)/t7-/m1/s1. The number of imidazole rings is 1. The molecule has 1 atom stereocenters. The Labute approximate surface area is 124 Å². The Morgan fingerprint density at radius 3 is 2.95 bits per heavy atom. The van der Waals surface area contributed by atoms with Gasteiger partial charge in [-0.2, -0.15) is 0 Å². The van der Waals surface area contributed by atoms with Crippen molar-refractivity contribution < 1.29 is 4.79 Å². The second kappa shape index (κ2) is 6.71. The maximum atomic E-state index is 11.9. The van der Waals surface area contributed by atoms with Gasteiger partial charge in [0.05, 0.1) is 11.8 Å². The van der Waals surface area contributed by atoms with Gasteiger partial charge in [-0.25, -0.2) is 4.98 Å². The van der Waals surface area contributed by atoms with Crippen LogP contribution in [0.1, 0.15) is 30.9 Å². The SMILES string of the molecule is CC[C@@H](NC(=O)CSc1nnc(N)s1)c1ncc(C)[nH]1. The molecule has 2 heterocycles. The number of H-pyrrole nitrogens is 1. The Hall–Kier alpha value is -1.61. The van der Waals surface area contributed by atoms with Crippen molar-refractivity contribution in [1.29, 1.82) is 0 Å². The minimum atomic E-state index is -0.101. The van der Waals surface area contributed by atoms with E-state index in [1.54, 1.807) is 6.20 Å². The molecule has 2 aromatic heterocycles. The molecule has 9 heteroatoms. The van der Waals surface area contributed by atoms with Crippen LogP contribution >= 0.6 is 23.1 Å². The first-order valence-electron chi connectivity index (χ1n) is 6.11. The zero-order valence-electron chi connectivity index (χ0n) is 11.2. The fraction of sp³-hybridized carbons (Fsp3) is 0.455. The van der Waals surface area contributed by atoms with Crippen LogP contribution in [0.5, 0.6) is 0 Å². The van der Waals surface area contributed by atoms with Crippen LogP contribution < -0.4 is 11.1 Å². The molecule has 0 aliphatic carbocycles. The van der Waals surface area contributed by atoms with Crippen molar-refractivity contribution in [3.05, 3.63) is 17.7 Å². The molecule has 0 aromatic carbocycles.